The zero-order valence-electron chi connectivity index (χ0n) is 15.9. The molecular weight excluding hydrogens is 369 g/mol. The number of alkyl halides is 3. The molecule has 8 heteroatoms. The summed E-state index contributed by atoms with van der Waals surface area (Å²) in [7, 11) is 0. The molecule has 0 radical (unpaired) electrons. The number of likely N-dealkylation sites (tertiary alicyclic amines) is 1. The van der Waals surface area contributed by atoms with Gasteiger partial charge in [-0.25, -0.2) is 9.97 Å². The molecule has 1 N–H and O–H groups in total. The Balaban J connectivity index is 1.85. The number of hydrogen-bond acceptors (Lipinski definition) is 4. The second-order valence-corrected chi connectivity index (χ2v) is 6.98. The van der Waals surface area contributed by atoms with E-state index in [4.69, 9.17) is 0 Å². The van der Waals surface area contributed by atoms with Crippen molar-refractivity contribution in [2.24, 2.45) is 0 Å². The molecule has 28 heavy (non-hydrogen) atoms. The summed E-state index contributed by atoms with van der Waals surface area (Å²) >= 11 is 0. The number of hydrogen-bond donors (Lipinski definition) is 1. The van der Waals surface area contributed by atoms with Gasteiger partial charge in [0.15, 0.2) is 0 Å². The van der Waals surface area contributed by atoms with Crippen molar-refractivity contribution in [2.75, 3.05) is 11.9 Å². The number of benzene rings is 1. The first-order valence-electron chi connectivity index (χ1n) is 9.39. The summed E-state index contributed by atoms with van der Waals surface area (Å²) in [5.41, 5.74) is 0.268. The lowest BCUT2D eigenvalue weighted by Gasteiger charge is -2.35. The Bertz CT molecular complexity index is 854. The SMILES string of the molecule is CCC1CCCCN1C(=O)c1cc(C)nc(Nc2cccc(C(F)(F)F)c2)n1. The number of rotatable bonds is 4. The number of nitrogens with zero attached hydrogens (tertiary/aromatic N) is 3. The highest BCUT2D eigenvalue weighted by Crippen LogP contribution is 2.31. The van der Waals surface area contributed by atoms with E-state index in [-0.39, 0.29) is 29.3 Å². The molecule has 0 saturated carbocycles. The first-order valence-corrected chi connectivity index (χ1v) is 9.39. The van der Waals surface area contributed by atoms with E-state index in [1.54, 1.807) is 13.0 Å². The second-order valence-electron chi connectivity index (χ2n) is 6.98. The Morgan fingerprint density at radius 2 is 2.04 bits per heavy atom. The second kappa shape index (κ2) is 8.16. The molecule has 1 aromatic heterocycles. The van der Waals surface area contributed by atoms with Crippen LogP contribution in [0.25, 0.3) is 0 Å². The largest absolute Gasteiger partial charge is 0.416 e. The fourth-order valence-electron chi connectivity index (χ4n) is 3.48. The van der Waals surface area contributed by atoms with Crippen LogP contribution in [-0.2, 0) is 6.18 Å². The molecule has 1 aliphatic rings. The highest BCUT2D eigenvalue weighted by atomic mass is 19.4. The maximum Gasteiger partial charge on any atom is 0.416 e. The maximum absolute atomic E-state index is 13.0. The topological polar surface area (TPSA) is 58.1 Å². The van der Waals surface area contributed by atoms with Crippen LogP contribution in [0.15, 0.2) is 30.3 Å². The van der Waals surface area contributed by atoms with Gasteiger partial charge in [0.2, 0.25) is 5.95 Å². The molecule has 0 bridgehead atoms. The Morgan fingerprint density at radius 3 is 2.75 bits per heavy atom. The van der Waals surface area contributed by atoms with Crippen LogP contribution in [0.3, 0.4) is 0 Å². The van der Waals surface area contributed by atoms with Crippen LogP contribution >= 0.6 is 0 Å². The van der Waals surface area contributed by atoms with Crippen LogP contribution in [0, 0.1) is 6.92 Å². The Kier molecular flexibility index (Phi) is 5.86. The maximum atomic E-state index is 13.0. The van der Waals surface area contributed by atoms with E-state index in [9.17, 15) is 18.0 Å². The van der Waals surface area contributed by atoms with Gasteiger partial charge >= 0.3 is 6.18 Å². The predicted octanol–water partition coefficient (Wildman–Crippen LogP) is 4.95. The van der Waals surface area contributed by atoms with Gasteiger partial charge in [-0.1, -0.05) is 13.0 Å². The molecule has 1 fully saturated rings. The molecule has 1 saturated heterocycles. The van der Waals surface area contributed by atoms with Gasteiger partial charge in [-0.3, -0.25) is 4.79 Å². The molecule has 5 nitrogen and oxygen atoms in total. The summed E-state index contributed by atoms with van der Waals surface area (Å²) in [6, 6.07) is 6.60. The highest BCUT2D eigenvalue weighted by Gasteiger charge is 2.30. The Hall–Kier alpha value is -2.64. The summed E-state index contributed by atoms with van der Waals surface area (Å²) in [6.45, 7) is 4.47. The summed E-state index contributed by atoms with van der Waals surface area (Å²) in [5.74, 6) is -0.0584. The molecule has 1 atom stereocenters. The quantitative estimate of drug-likeness (QED) is 0.800. The standard InChI is InChI=1S/C20H23F3N4O/c1-3-16-9-4-5-10-27(16)18(28)17-11-13(2)24-19(26-17)25-15-8-6-7-14(12-15)20(21,22)23/h6-8,11-12,16H,3-5,9-10H2,1-2H3,(H,24,25,26). The van der Waals surface area contributed by atoms with Gasteiger partial charge in [0.05, 0.1) is 5.56 Å². The number of nitrogens with one attached hydrogen (secondary N) is 1. The van der Waals surface area contributed by atoms with Gasteiger partial charge in [-0.05, 0) is 56.9 Å². The van der Waals surface area contributed by atoms with Crippen LogP contribution in [0.1, 0.15) is 54.4 Å². The molecule has 2 aromatic rings. The number of amides is 1. The third-order valence-corrected chi connectivity index (χ3v) is 4.88. The first-order chi connectivity index (χ1) is 13.3. The summed E-state index contributed by atoms with van der Waals surface area (Å²) in [6.07, 6.45) is -0.516. The van der Waals surface area contributed by atoms with Crippen LogP contribution < -0.4 is 5.32 Å². The van der Waals surface area contributed by atoms with Crippen molar-refractivity contribution >= 4 is 17.5 Å². The van der Waals surface area contributed by atoms with Gasteiger partial charge < -0.3 is 10.2 Å². The van der Waals surface area contributed by atoms with Crippen molar-refractivity contribution in [3.8, 4) is 0 Å². The minimum absolute atomic E-state index is 0.104. The first kappa shape index (κ1) is 20.1. The zero-order valence-corrected chi connectivity index (χ0v) is 15.9. The minimum Gasteiger partial charge on any atom is -0.334 e. The fraction of sp³-hybridized carbons (Fsp3) is 0.450. The molecule has 150 valence electrons. The van der Waals surface area contributed by atoms with Crippen molar-refractivity contribution < 1.29 is 18.0 Å². The normalized spacial score (nSPS) is 17.5. The van der Waals surface area contributed by atoms with Crippen molar-refractivity contribution in [2.45, 2.75) is 51.7 Å². The van der Waals surface area contributed by atoms with E-state index in [0.29, 0.717) is 12.2 Å². The molecule has 1 unspecified atom stereocenters. The average Bonchev–Trinajstić information content (AvgIpc) is 2.66. The summed E-state index contributed by atoms with van der Waals surface area (Å²) in [4.78, 5) is 23.3. The van der Waals surface area contributed by atoms with E-state index in [0.717, 1.165) is 37.8 Å². The molecule has 0 spiro atoms. The van der Waals surface area contributed by atoms with Crippen molar-refractivity contribution in [1.82, 2.24) is 14.9 Å². The van der Waals surface area contributed by atoms with Gasteiger partial charge in [0.25, 0.3) is 5.91 Å². The Morgan fingerprint density at radius 1 is 1.25 bits per heavy atom. The van der Waals surface area contributed by atoms with Crippen LogP contribution in [0.4, 0.5) is 24.8 Å². The number of piperidine rings is 1. The molecule has 0 aliphatic carbocycles. The van der Waals surface area contributed by atoms with E-state index in [2.05, 4.69) is 22.2 Å². The average molecular weight is 392 g/mol. The minimum atomic E-state index is -4.43. The van der Waals surface area contributed by atoms with Crippen LogP contribution in [0.2, 0.25) is 0 Å². The number of carbonyl (C=O) groups excluding carboxylic acids is 1. The number of aryl methyl sites for hydroxylation is 1. The molecule has 2 heterocycles. The van der Waals surface area contributed by atoms with Crippen LogP contribution in [0.5, 0.6) is 0 Å². The van der Waals surface area contributed by atoms with E-state index in [1.807, 2.05) is 4.90 Å². The molecule has 1 aromatic carbocycles. The number of aromatic nitrogens is 2. The highest BCUT2D eigenvalue weighted by molar-refractivity contribution is 5.93. The zero-order chi connectivity index (χ0) is 20.3. The van der Waals surface area contributed by atoms with Gasteiger partial charge in [-0.15, -0.1) is 0 Å². The van der Waals surface area contributed by atoms with Crippen molar-refractivity contribution in [3.63, 3.8) is 0 Å². The van der Waals surface area contributed by atoms with E-state index >= 15 is 0 Å². The van der Waals surface area contributed by atoms with E-state index < -0.39 is 11.7 Å². The lowest BCUT2D eigenvalue weighted by atomic mass is 9.99. The predicted molar refractivity (Wildman–Crippen MR) is 100 cm³/mol. The van der Waals surface area contributed by atoms with Gasteiger partial charge in [-0.2, -0.15) is 13.2 Å². The number of halogens is 3. The Labute approximate surface area is 162 Å². The monoisotopic (exact) mass is 392 g/mol. The van der Waals surface area contributed by atoms with Crippen molar-refractivity contribution in [3.05, 3.63) is 47.3 Å². The molecule has 1 amide bonds. The number of carbonyl (C=O) groups is 1. The fourth-order valence-corrected chi connectivity index (χ4v) is 3.48. The molecule has 3 rings (SSSR count). The molecule has 1 aliphatic heterocycles. The summed E-state index contributed by atoms with van der Waals surface area (Å²) in [5, 5.41) is 2.79. The summed E-state index contributed by atoms with van der Waals surface area (Å²) < 4.78 is 38.7. The molecular formula is C20H23F3N4O. The lowest BCUT2D eigenvalue weighted by molar-refractivity contribution is -0.137. The third kappa shape index (κ3) is 4.61. The van der Waals surface area contributed by atoms with Crippen LogP contribution in [-0.4, -0.2) is 33.4 Å². The van der Waals surface area contributed by atoms with E-state index in [1.165, 1.54) is 12.1 Å². The third-order valence-electron chi connectivity index (χ3n) is 4.88. The van der Waals surface area contributed by atoms with Crippen molar-refractivity contribution in [1.29, 1.82) is 0 Å². The van der Waals surface area contributed by atoms with Gasteiger partial charge in [0.1, 0.15) is 5.69 Å². The number of anilines is 2. The smallest absolute Gasteiger partial charge is 0.334 e. The van der Waals surface area contributed by atoms with Gasteiger partial charge in [0, 0.05) is 24.0 Å². The lowest BCUT2D eigenvalue weighted by Crippen LogP contribution is -2.43.